The van der Waals surface area contributed by atoms with Gasteiger partial charge in [-0.3, -0.25) is 9.69 Å². The van der Waals surface area contributed by atoms with Crippen LogP contribution in [0.25, 0.3) is 0 Å². The van der Waals surface area contributed by atoms with Gasteiger partial charge in [0.15, 0.2) is 5.78 Å². The zero-order valence-electron chi connectivity index (χ0n) is 10.4. The maximum Gasteiger partial charge on any atom is 0.164 e. The molecule has 18 heavy (non-hydrogen) atoms. The summed E-state index contributed by atoms with van der Waals surface area (Å²) in [5.74, 6) is 0.162. The molecule has 2 nitrogen and oxygen atoms in total. The van der Waals surface area contributed by atoms with Crippen molar-refractivity contribution in [2.45, 2.75) is 6.42 Å². The summed E-state index contributed by atoms with van der Waals surface area (Å²) >= 11 is 3.37. The Kier molecular flexibility index (Phi) is 6.61. The molecule has 0 radical (unpaired) electrons. The zero-order chi connectivity index (χ0) is 13.4. The number of hydrogen-bond acceptors (Lipinski definition) is 2. The molecule has 0 unspecified atom stereocenters. The predicted molar refractivity (Wildman–Crippen MR) is 79.9 cm³/mol. The van der Waals surface area contributed by atoms with Crippen LogP contribution in [0, 0.1) is 0 Å². The van der Waals surface area contributed by atoms with E-state index in [4.69, 9.17) is 0 Å². The molecule has 0 amide bonds. The first-order valence-electron chi connectivity index (χ1n) is 5.90. The molecule has 0 aliphatic heterocycles. The SMILES string of the molecule is C=CCN(CC=C)CCC(=O)c1cccc(Br)c1. The quantitative estimate of drug-likeness (QED) is 0.539. The van der Waals surface area contributed by atoms with Crippen LogP contribution in [0.2, 0.25) is 0 Å². The molecule has 0 spiro atoms. The lowest BCUT2D eigenvalue weighted by Crippen LogP contribution is -2.26. The number of halogens is 1. The molecule has 0 bridgehead atoms. The molecule has 1 aromatic rings. The van der Waals surface area contributed by atoms with Gasteiger partial charge >= 0.3 is 0 Å². The van der Waals surface area contributed by atoms with E-state index < -0.39 is 0 Å². The van der Waals surface area contributed by atoms with Gasteiger partial charge in [0.25, 0.3) is 0 Å². The predicted octanol–water partition coefficient (Wildman–Crippen LogP) is 3.70. The minimum absolute atomic E-state index is 0.162. The van der Waals surface area contributed by atoms with Crippen molar-refractivity contribution in [2.75, 3.05) is 19.6 Å². The lowest BCUT2D eigenvalue weighted by molar-refractivity contribution is 0.0968. The molecule has 3 heteroatoms. The molecule has 0 fully saturated rings. The largest absolute Gasteiger partial charge is 0.296 e. The highest BCUT2D eigenvalue weighted by molar-refractivity contribution is 9.10. The van der Waals surface area contributed by atoms with Crippen LogP contribution in [-0.4, -0.2) is 30.3 Å². The molecule has 96 valence electrons. The second-order valence-corrected chi connectivity index (χ2v) is 4.94. The van der Waals surface area contributed by atoms with Crippen molar-refractivity contribution < 1.29 is 4.79 Å². The van der Waals surface area contributed by atoms with Gasteiger partial charge in [-0.05, 0) is 12.1 Å². The third-order valence-electron chi connectivity index (χ3n) is 2.58. The number of ketones is 1. The van der Waals surface area contributed by atoms with Gasteiger partial charge in [0.1, 0.15) is 0 Å². The normalized spacial score (nSPS) is 10.3. The molecule has 0 saturated carbocycles. The molecular weight excluding hydrogens is 290 g/mol. The highest BCUT2D eigenvalue weighted by Crippen LogP contribution is 2.13. The van der Waals surface area contributed by atoms with Crippen LogP contribution >= 0.6 is 15.9 Å². The molecule has 0 saturated heterocycles. The Hall–Kier alpha value is -1.19. The van der Waals surface area contributed by atoms with Gasteiger partial charge in [0.05, 0.1) is 0 Å². The summed E-state index contributed by atoms with van der Waals surface area (Å²) in [4.78, 5) is 14.1. The Balaban J connectivity index is 2.53. The first-order chi connectivity index (χ1) is 8.67. The van der Waals surface area contributed by atoms with Crippen molar-refractivity contribution in [3.8, 4) is 0 Å². The van der Waals surface area contributed by atoms with Crippen LogP contribution in [-0.2, 0) is 0 Å². The Morgan fingerprint density at radius 3 is 2.50 bits per heavy atom. The zero-order valence-corrected chi connectivity index (χ0v) is 12.0. The van der Waals surface area contributed by atoms with E-state index >= 15 is 0 Å². The minimum atomic E-state index is 0.162. The standard InChI is InChI=1S/C15H18BrNO/c1-3-9-17(10-4-2)11-8-15(18)13-6-5-7-14(16)12-13/h3-7,12H,1-2,8-11H2. The van der Waals surface area contributed by atoms with E-state index in [-0.39, 0.29) is 5.78 Å². The van der Waals surface area contributed by atoms with Gasteiger partial charge in [-0.15, -0.1) is 13.2 Å². The molecule has 0 heterocycles. The lowest BCUT2D eigenvalue weighted by atomic mass is 10.1. The van der Waals surface area contributed by atoms with Crippen molar-refractivity contribution in [1.29, 1.82) is 0 Å². The van der Waals surface area contributed by atoms with Gasteiger partial charge < -0.3 is 0 Å². The Labute approximate surface area is 117 Å². The second-order valence-electron chi connectivity index (χ2n) is 4.02. The number of hydrogen-bond donors (Lipinski definition) is 0. The van der Waals surface area contributed by atoms with Crippen molar-refractivity contribution in [1.82, 2.24) is 4.90 Å². The van der Waals surface area contributed by atoms with E-state index in [1.54, 1.807) is 0 Å². The number of nitrogens with zero attached hydrogens (tertiary/aromatic N) is 1. The molecule has 0 atom stereocenters. The molecule has 1 rings (SSSR count). The van der Waals surface area contributed by atoms with Gasteiger partial charge in [-0.1, -0.05) is 40.2 Å². The maximum absolute atomic E-state index is 12.0. The summed E-state index contributed by atoms with van der Waals surface area (Å²) in [6.07, 6.45) is 4.19. The van der Waals surface area contributed by atoms with E-state index in [0.29, 0.717) is 6.42 Å². The smallest absolute Gasteiger partial charge is 0.164 e. The fraction of sp³-hybridized carbons (Fsp3) is 0.267. The van der Waals surface area contributed by atoms with E-state index in [1.165, 1.54) is 0 Å². The number of carbonyl (C=O) groups excluding carboxylic acids is 1. The first kappa shape index (κ1) is 14.9. The number of rotatable bonds is 8. The Bertz CT molecular complexity index is 418. The van der Waals surface area contributed by atoms with E-state index in [0.717, 1.165) is 29.7 Å². The van der Waals surface area contributed by atoms with E-state index in [2.05, 4.69) is 34.0 Å². The van der Waals surface area contributed by atoms with Gasteiger partial charge in [-0.2, -0.15) is 0 Å². The fourth-order valence-corrected chi connectivity index (χ4v) is 2.09. The van der Waals surface area contributed by atoms with Crippen LogP contribution in [0.3, 0.4) is 0 Å². The number of carbonyl (C=O) groups is 1. The topological polar surface area (TPSA) is 20.3 Å². The van der Waals surface area contributed by atoms with Crippen molar-refractivity contribution >= 4 is 21.7 Å². The number of Topliss-reactive ketones (excluding diaryl/α,β-unsaturated/α-hetero) is 1. The van der Waals surface area contributed by atoms with Crippen molar-refractivity contribution in [2.24, 2.45) is 0 Å². The Morgan fingerprint density at radius 1 is 1.28 bits per heavy atom. The lowest BCUT2D eigenvalue weighted by Gasteiger charge is -2.17. The summed E-state index contributed by atoms with van der Waals surface area (Å²) in [5, 5.41) is 0. The number of benzene rings is 1. The third-order valence-corrected chi connectivity index (χ3v) is 3.07. The van der Waals surface area contributed by atoms with Crippen molar-refractivity contribution in [3.63, 3.8) is 0 Å². The van der Waals surface area contributed by atoms with Gasteiger partial charge in [0.2, 0.25) is 0 Å². The summed E-state index contributed by atoms with van der Waals surface area (Å²) < 4.78 is 0.933. The second kappa shape index (κ2) is 8.01. The average Bonchev–Trinajstić information content (AvgIpc) is 2.36. The van der Waals surface area contributed by atoms with Crippen LogP contribution in [0.15, 0.2) is 54.0 Å². The molecule has 0 aliphatic carbocycles. The summed E-state index contributed by atoms with van der Waals surface area (Å²) in [7, 11) is 0. The van der Waals surface area contributed by atoms with Crippen LogP contribution in [0.1, 0.15) is 16.8 Å². The summed E-state index contributed by atoms with van der Waals surface area (Å²) in [6, 6.07) is 7.49. The summed E-state index contributed by atoms with van der Waals surface area (Å²) in [6.45, 7) is 9.70. The molecule has 0 N–H and O–H groups in total. The molecule has 0 aromatic heterocycles. The first-order valence-corrected chi connectivity index (χ1v) is 6.69. The van der Waals surface area contributed by atoms with Crippen LogP contribution < -0.4 is 0 Å². The van der Waals surface area contributed by atoms with Crippen LogP contribution in [0.4, 0.5) is 0 Å². The molecule has 1 aromatic carbocycles. The molecule has 0 aliphatic rings. The molecular formula is C15H18BrNO. The third kappa shape index (κ3) is 4.98. The van der Waals surface area contributed by atoms with Gasteiger partial charge in [0, 0.05) is 36.1 Å². The highest BCUT2D eigenvalue weighted by Gasteiger charge is 2.08. The minimum Gasteiger partial charge on any atom is -0.296 e. The van der Waals surface area contributed by atoms with E-state index in [1.807, 2.05) is 36.4 Å². The van der Waals surface area contributed by atoms with Gasteiger partial charge in [-0.25, -0.2) is 0 Å². The van der Waals surface area contributed by atoms with E-state index in [9.17, 15) is 4.79 Å². The average molecular weight is 308 g/mol. The monoisotopic (exact) mass is 307 g/mol. The summed E-state index contributed by atoms with van der Waals surface area (Å²) in [5.41, 5.74) is 0.751. The fourth-order valence-electron chi connectivity index (χ4n) is 1.69. The Morgan fingerprint density at radius 2 is 1.94 bits per heavy atom. The highest BCUT2D eigenvalue weighted by atomic mass is 79.9. The van der Waals surface area contributed by atoms with Crippen molar-refractivity contribution in [3.05, 3.63) is 59.6 Å². The maximum atomic E-state index is 12.0. The van der Waals surface area contributed by atoms with Crippen LogP contribution in [0.5, 0.6) is 0 Å².